The van der Waals surface area contributed by atoms with Gasteiger partial charge in [0.25, 0.3) is 0 Å². The fourth-order valence-electron chi connectivity index (χ4n) is 2.54. The Kier molecular flexibility index (Phi) is 6.12. The molecule has 2 N–H and O–H groups in total. The molecule has 2 aromatic carbocycles. The number of thioether (sulfide) groups is 1. The summed E-state index contributed by atoms with van der Waals surface area (Å²) in [7, 11) is 0. The number of hydrogen-bond acceptors (Lipinski definition) is 3. The molecule has 1 aliphatic rings. The number of nitrogens with one attached hydrogen (secondary N) is 2. The van der Waals surface area contributed by atoms with Crippen LogP contribution in [0.5, 0.6) is 0 Å². The molecule has 1 aliphatic carbocycles. The van der Waals surface area contributed by atoms with Crippen LogP contribution in [0.4, 0.5) is 0 Å². The summed E-state index contributed by atoms with van der Waals surface area (Å²) in [5.41, 5.74) is 2.33. The van der Waals surface area contributed by atoms with E-state index in [1.54, 1.807) is 11.8 Å². The first kappa shape index (κ1) is 17.5. The Morgan fingerprint density at radius 3 is 2.00 bits per heavy atom. The van der Waals surface area contributed by atoms with Crippen molar-refractivity contribution < 1.29 is 9.59 Å². The normalized spacial score (nSPS) is 13.5. The zero-order valence-corrected chi connectivity index (χ0v) is 14.8. The first-order valence-corrected chi connectivity index (χ1v) is 9.55. The van der Waals surface area contributed by atoms with Crippen LogP contribution in [0.2, 0.25) is 0 Å². The largest absolute Gasteiger partial charge is 0.352 e. The highest BCUT2D eigenvalue weighted by Crippen LogP contribution is 2.35. The maximum Gasteiger partial charge on any atom is 0.239 e. The quantitative estimate of drug-likeness (QED) is 0.766. The van der Waals surface area contributed by atoms with Gasteiger partial charge in [-0.2, -0.15) is 0 Å². The molecule has 0 atom stereocenters. The molecule has 0 radical (unpaired) electrons. The topological polar surface area (TPSA) is 58.2 Å². The Balaban J connectivity index is 1.55. The predicted octanol–water partition coefficient (Wildman–Crippen LogP) is 2.90. The van der Waals surface area contributed by atoms with Crippen molar-refractivity contribution in [2.24, 2.45) is 0 Å². The third kappa shape index (κ3) is 5.64. The smallest absolute Gasteiger partial charge is 0.239 e. The Morgan fingerprint density at radius 2 is 1.48 bits per heavy atom. The van der Waals surface area contributed by atoms with Gasteiger partial charge >= 0.3 is 0 Å². The van der Waals surface area contributed by atoms with Gasteiger partial charge in [0, 0.05) is 6.04 Å². The molecule has 0 aliphatic heterocycles. The van der Waals surface area contributed by atoms with Crippen LogP contribution < -0.4 is 10.6 Å². The van der Waals surface area contributed by atoms with Gasteiger partial charge in [0.1, 0.15) is 0 Å². The molecule has 0 spiro atoms. The van der Waals surface area contributed by atoms with Crippen LogP contribution in [-0.2, 0) is 9.59 Å². The molecule has 3 rings (SSSR count). The van der Waals surface area contributed by atoms with Crippen molar-refractivity contribution in [2.45, 2.75) is 24.1 Å². The van der Waals surface area contributed by atoms with E-state index in [-0.39, 0.29) is 23.6 Å². The van der Waals surface area contributed by atoms with Crippen LogP contribution in [0, 0.1) is 0 Å². The van der Waals surface area contributed by atoms with Crippen LogP contribution in [0.1, 0.15) is 29.2 Å². The van der Waals surface area contributed by atoms with Gasteiger partial charge in [0.2, 0.25) is 11.8 Å². The third-order valence-corrected chi connectivity index (χ3v) is 5.28. The van der Waals surface area contributed by atoms with Crippen molar-refractivity contribution in [3.8, 4) is 0 Å². The van der Waals surface area contributed by atoms with Crippen LogP contribution in [0.25, 0.3) is 0 Å². The van der Waals surface area contributed by atoms with Crippen molar-refractivity contribution in [3.63, 3.8) is 0 Å². The first-order valence-electron chi connectivity index (χ1n) is 8.50. The highest BCUT2D eigenvalue weighted by molar-refractivity contribution is 8.00. The van der Waals surface area contributed by atoms with E-state index in [1.807, 2.05) is 36.4 Å². The average molecular weight is 354 g/mol. The molecule has 4 nitrogen and oxygen atoms in total. The van der Waals surface area contributed by atoms with Gasteiger partial charge in [0.05, 0.1) is 17.5 Å². The van der Waals surface area contributed by atoms with Gasteiger partial charge in [-0.15, -0.1) is 11.8 Å². The minimum atomic E-state index is -0.118. The molecule has 0 unspecified atom stereocenters. The van der Waals surface area contributed by atoms with Crippen LogP contribution in [0.15, 0.2) is 60.7 Å². The molecular formula is C20H22N2O2S. The summed E-state index contributed by atoms with van der Waals surface area (Å²) in [4.78, 5) is 23.8. The second kappa shape index (κ2) is 8.72. The zero-order valence-electron chi connectivity index (χ0n) is 14.0. The Bertz CT molecular complexity index is 663. The number of carbonyl (C=O) groups is 2. The monoisotopic (exact) mass is 354 g/mol. The molecule has 2 aromatic rings. The molecule has 1 saturated carbocycles. The zero-order chi connectivity index (χ0) is 17.5. The predicted molar refractivity (Wildman–Crippen MR) is 101 cm³/mol. The summed E-state index contributed by atoms with van der Waals surface area (Å²) in [5, 5.41) is 5.66. The average Bonchev–Trinajstić information content (AvgIpc) is 3.46. The van der Waals surface area contributed by atoms with Gasteiger partial charge in [0.15, 0.2) is 0 Å². The summed E-state index contributed by atoms with van der Waals surface area (Å²) < 4.78 is 0. The lowest BCUT2D eigenvalue weighted by molar-refractivity contribution is -0.124. The van der Waals surface area contributed by atoms with Crippen LogP contribution in [-0.4, -0.2) is 30.2 Å². The van der Waals surface area contributed by atoms with E-state index in [1.165, 1.54) is 0 Å². The fourth-order valence-corrected chi connectivity index (χ4v) is 3.66. The van der Waals surface area contributed by atoms with Crippen LogP contribution >= 0.6 is 11.8 Å². The van der Waals surface area contributed by atoms with Gasteiger partial charge in [-0.25, -0.2) is 0 Å². The van der Waals surface area contributed by atoms with E-state index in [4.69, 9.17) is 0 Å². The molecule has 0 bridgehead atoms. The molecule has 0 heterocycles. The van der Waals surface area contributed by atoms with Crippen molar-refractivity contribution >= 4 is 23.6 Å². The third-order valence-electron chi connectivity index (χ3n) is 3.97. The van der Waals surface area contributed by atoms with Crippen LogP contribution in [0.3, 0.4) is 0 Å². The molecule has 5 heteroatoms. The maximum absolute atomic E-state index is 12.1. The van der Waals surface area contributed by atoms with Gasteiger partial charge < -0.3 is 10.6 Å². The second-order valence-corrected chi connectivity index (χ2v) is 7.22. The van der Waals surface area contributed by atoms with E-state index in [2.05, 4.69) is 34.9 Å². The highest BCUT2D eigenvalue weighted by Gasteiger charge is 2.23. The van der Waals surface area contributed by atoms with Crippen molar-refractivity contribution in [1.29, 1.82) is 0 Å². The molecule has 25 heavy (non-hydrogen) atoms. The van der Waals surface area contributed by atoms with Gasteiger partial charge in [-0.3, -0.25) is 9.59 Å². The number of rotatable bonds is 8. The summed E-state index contributed by atoms with van der Waals surface area (Å²) in [6, 6.07) is 20.6. The van der Waals surface area contributed by atoms with Gasteiger partial charge in [-0.1, -0.05) is 60.7 Å². The Hall–Kier alpha value is -2.27. The SMILES string of the molecule is O=C(CSC(c1ccccc1)c1ccccc1)NCC(=O)NC1CC1. The number of hydrogen-bond donors (Lipinski definition) is 2. The lowest BCUT2D eigenvalue weighted by Gasteiger charge is -2.17. The van der Waals surface area contributed by atoms with E-state index in [9.17, 15) is 9.59 Å². The lowest BCUT2D eigenvalue weighted by Crippen LogP contribution is -2.38. The summed E-state index contributed by atoms with van der Waals surface area (Å²) in [6.45, 7) is 0.0528. The number of amides is 2. The number of carbonyl (C=O) groups excluding carboxylic acids is 2. The summed E-state index contributed by atoms with van der Waals surface area (Å²) >= 11 is 1.57. The van der Waals surface area contributed by atoms with Gasteiger partial charge in [-0.05, 0) is 24.0 Å². The Labute approximate surface area is 152 Å². The van der Waals surface area contributed by atoms with E-state index >= 15 is 0 Å². The molecule has 130 valence electrons. The summed E-state index contributed by atoms with van der Waals surface area (Å²) in [5.74, 6) is 0.0851. The van der Waals surface area contributed by atoms with E-state index < -0.39 is 0 Å². The highest BCUT2D eigenvalue weighted by atomic mass is 32.2. The van der Waals surface area contributed by atoms with E-state index in [0.717, 1.165) is 24.0 Å². The lowest BCUT2D eigenvalue weighted by atomic mass is 10.0. The Morgan fingerprint density at radius 1 is 0.920 bits per heavy atom. The molecular weight excluding hydrogens is 332 g/mol. The minimum absolute atomic E-state index is 0.0528. The van der Waals surface area contributed by atoms with Crippen molar-refractivity contribution in [2.75, 3.05) is 12.3 Å². The standard InChI is InChI=1S/C20H22N2O2S/c23-18(22-17-11-12-17)13-21-19(24)14-25-20(15-7-3-1-4-8-15)16-9-5-2-6-10-16/h1-10,17,20H,11-14H2,(H,21,24)(H,22,23). The summed E-state index contributed by atoms with van der Waals surface area (Å²) in [6.07, 6.45) is 2.09. The number of benzene rings is 2. The maximum atomic E-state index is 12.1. The molecule has 1 fully saturated rings. The minimum Gasteiger partial charge on any atom is -0.352 e. The second-order valence-electron chi connectivity index (χ2n) is 6.13. The molecule has 0 saturated heterocycles. The first-order chi connectivity index (χ1) is 12.2. The fraction of sp³-hybridized carbons (Fsp3) is 0.300. The van der Waals surface area contributed by atoms with Crippen molar-refractivity contribution in [1.82, 2.24) is 10.6 Å². The van der Waals surface area contributed by atoms with E-state index in [0.29, 0.717) is 11.8 Å². The molecule has 0 aromatic heterocycles. The molecule has 2 amide bonds. The van der Waals surface area contributed by atoms with Crippen molar-refractivity contribution in [3.05, 3.63) is 71.8 Å².